The lowest BCUT2D eigenvalue weighted by Crippen LogP contribution is -2.25. The van der Waals surface area contributed by atoms with Crippen molar-refractivity contribution in [1.29, 1.82) is 0 Å². The summed E-state index contributed by atoms with van der Waals surface area (Å²) in [5, 5.41) is 6.18. The number of hydrogen-bond acceptors (Lipinski definition) is 4. The smallest absolute Gasteiger partial charge is 0.255 e. The highest BCUT2D eigenvalue weighted by Crippen LogP contribution is 2.29. The molecule has 2 aliphatic rings. The maximum atomic E-state index is 12.1. The Bertz CT molecular complexity index is 512. The Morgan fingerprint density at radius 1 is 1.43 bits per heavy atom. The van der Waals surface area contributed by atoms with Crippen LogP contribution in [0.1, 0.15) is 41.2 Å². The van der Waals surface area contributed by atoms with Gasteiger partial charge in [0.15, 0.2) is 0 Å². The molecule has 0 saturated carbocycles. The van der Waals surface area contributed by atoms with Gasteiger partial charge in [0.2, 0.25) is 0 Å². The minimum absolute atomic E-state index is 0.0590. The zero-order valence-electron chi connectivity index (χ0n) is 12.4. The van der Waals surface area contributed by atoms with E-state index in [0.717, 1.165) is 31.4 Å². The molecule has 5 nitrogen and oxygen atoms in total. The molecular weight excluding hydrogens is 268 g/mol. The predicted molar refractivity (Wildman–Crippen MR) is 79.7 cm³/mol. The molecule has 0 aliphatic carbocycles. The van der Waals surface area contributed by atoms with E-state index in [-0.39, 0.29) is 11.9 Å². The molecule has 1 amide bonds. The summed E-state index contributed by atoms with van der Waals surface area (Å²) in [4.78, 5) is 12.1. The van der Waals surface area contributed by atoms with Gasteiger partial charge in [-0.15, -0.1) is 0 Å². The van der Waals surface area contributed by atoms with Crippen LogP contribution in [0.4, 0.5) is 0 Å². The number of ether oxygens (including phenoxy) is 2. The number of carbonyl (C=O) groups excluding carboxylic acids is 1. The molecular formula is C16H22N2O3. The lowest BCUT2D eigenvalue weighted by atomic mass is 9.97. The summed E-state index contributed by atoms with van der Waals surface area (Å²) >= 11 is 0. The fourth-order valence-corrected chi connectivity index (χ4v) is 3.00. The highest BCUT2D eigenvalue weighted by molar-refractivity contribution is 5.97. The SMILES string of the molecule is CNC(CC1CCCO1)c1ccc2c(c1)C(=O)NCCO2. The van der Waals surface area contributed by atoms with Crippen LogP contribution < -0.4 is 15.4 Å². The summed E-state index contributed by atoms with van der Waals surface area (Å²) in [5.41, 5.74) is 1.73. The molecule has 1 saturated heterocycles. The van der Waals surface area contributed by atoms with Crippen LogP contribution in [0.25, 0.3) is 0 Å². The van der Waals surface area contributed by atoms with Gasteiger partial charge in [0.25, 0.3) is 5.91 Å². The summed E-state index contributed by atoms with van der Waals surface area (Å²) in [5.74, 6) is 0.608. The molecule has 1 fully saturated rings. The first-order valence-electron chi connectivity index (χ1n) is 7.61. The zero-order valence-corrected chi connectivity index (χ0v) is 12.4. The third kappa shape index (κ3) is 3.19. The molecule has 0 aromatic heterocycles. The first-order chi connectivity index (χ1) is 10.3. The molecule has 0 spiro atoms. The van der Waals surface area contributed by atoms with Crippen molar-refractivity contribution < 1.29 is 14.3 Å². The van der Waals surface area contributed by atoms with Gasteiger partial charge in [-0.2, -0.15) is 0 Å². The number of rotatable bonds is 4. The second-order valence-corrected chi connectivity index (χ2v) is 5.57. The van der Waals surface area contributed by atoms with Crippen molar-refractivity contribution in [2.24, 2.45) is 0 Å². The second kappa shape index (κ2) is 6.45. The zero-order chi connectivity index (χ0) is 14.7. The normalized spacial score (nSPS) is 22.9. The van der Waals surface area contributed by atoms with Crippen molar-refractivity contribution >= 4 is 5.91 Å². The van der Waals surface area contributed by atoms with Gasteiger partial charge in [-0.1, -0.05) is 6.07 Å². The van der Waals surface area contributed by atoms with Crippen LogP contribution in [0.15, 0.2) is 18.2 Å². The molecule has 2 aliphatic heterocycles. The van der Waals surface area contributed by atoms with Gasteiger partial charge in [0, 0.05) is 12.6 Å². The Morgan fingerprint density at radius 3 is 3.10 bits per heavy atom. The highest BCUT2D eigenvalue weighted by atomic mass is 16.5. The minimum atomic E-state index is -0.0590. The van der Waals surface area contributed by atoms with Crippen molar-refractivity contribution in [3.8, 4) is 5.75 Å². The van der Waals surface area contributed by atoms with E-state index in [1.54, 1.807) is 0 Å². The number of amides is 1. The third-order valence-corrected chi connectivity index (χ3v) is 4.17. The molecule has 2 atom stereocenters. The van der Waals surface area contributed by atoms with Crippen LogP contribution in [-0.2, 0) is 4.74 Å². The summed E-state index contributed by atoms with van der Waals surface area (Å²) < 4.78 is 11.3. The molecule has 0 radical (unpaired) electrons. The Morgan fingerprint density at radius 2 is 2.33 bits per heavy atom. The summed E-state index contributed by atoms with van der Waals surface area (Å²) in [6.45, 7) is 1.93. The molecule has 1 aromatic carbocycles. The van der Waals surface area contributed by atoms with E-state index < -0.39 is 0 Å². The molecule has 5 heteroatoms. The average Bonchev–Trinajstić information content (AvgIpc) is 2.95. The molecule has 114 valence electrons. The van der Waals surface area contributed by atoms with Crippen LogP contribution in [0, 0.1) is 0 Å². The lowest BCUT2D eigenvalue weighted by molar-refractivity contribution is 0.0952. The molecule has 1 aromatic rings. The van der Waals surface area contributed by atoms with E-state index in [1.165, 1.54) is 0 Å². The number of carbonyl (C=O) groups is 1. The fourth-order valence-electron chi connectivity index (χ4n) is 3.00. The molecule has 2 heterocycles. The predicted octanol–water partition coefficient (Wildman–Crippen LogP) is 1.64. The van der Waals surface area contributed by atoms with Crippen LogP contribution in [0.2, 0.25) is 0 Å². The van der Waals surface area contributed by atoms with Crippen molar-refractivity contribution in [3.05, 3.63) is 29.3 Å². The van der Waals surface area contributed by atoms with E-state index in [4.69, 9.17) is 9.47 Å². The van der Waals surface area contributed by atoms with Gasteiger partial charge in [-0.05, 0) is 44.0 Å². The van der Waals surface area contributed by atoms with Crippen molar-refractivity contribution in [3.63, 3.8) is 0 Å². The number of hydrogen-bond donors (Lipinski definition) is 2. The maximum absolute atomic E-state index is 12.1. The van der Waals surface area contributed by atoms with Gasteiger partial charge in [0.1, 0.15) is 12.4 Å². The van der Waals surface area contributed by atoms with Gasteiger partial charge in [-0.25, -0.2) is 0 Å². The van der Waals surface area contributed by atoms with Gasteiger partial charge >= 0.3 is 0 Å². The molecule has 0 bridgehead atoms. The molecule has 2 N–H and O–H groups in total. The molecule has 21 heavy (non-hydrogen) atoms. The van der Waals surface area contributed by atoms with Gasteiger partial charge in [0.05, 0.1) is 18.2 Å². The van der Waals surface area contributed by atoms with Crippen LogP contribution in [0.5, 0.6) is 5.75 Å². The van der Waals surface area contributed by atoms with Crippen molar-refractivity contribution in [1.82, 2.24) is 10.6 Å². The van der Waals surface area contributed by atoms with E-state index in [1.807, 2.05) is 25.2 Å². The Hall–Kier alpha value is -1.59. The van der Waals surface area contributed by atoms with E-state index in [2.05, 4.69) is 10.6 Å². The van der Waals surface area contributed by atoms with Gasteiger partial charge < -0.3 is 20.1 Å². The van der Waals surface area contributed by atoms with Crippen LogP contribution in [-0.4, -0.2) is 38.8 Å². The number of nitrogens with one attached hydrogen (secondary N) is 2. The van der Waals surface area contributed by atoms with Gasteiger partial charge in [-0.3, -0.25) is 4.79 Å². The monoisotopic (exact) mass is 290 g/mol. The lowest BCUT2D eigenvalue weighted by Gasteiger charge is -2.21. The van der Waals surface area contributed by atoms with E-state index in [0.29, 0.717) is 30.6 Å². The second-order valence-electron chi connectivity index (χ2n) is 5.57. The Labute approximate surface area is 125 Å². The number of benzene rings is 1. The highest BCUT2D eigenvalue weighted by Gasteiger charge is 2.23. The summed E-state index contributed by atoms with van der Waals surface area (Å²) in [6.07, 6.45) is 3.50. The van der Waals surface area contributed by atoms with Crippen molar-refractivity contribution in [2.45, 2.75) is 31.4 Å². The largest absolute Gasteiger partial charge is 0.491 e. The first-order valence-corrected chi connectivity index (χ1v) is 7.61. The standard InChI is InChI=1S/C16H22N2O3/c1-17-14(10-12-3-2-7-20-12)11-4-5-15-13(9-11)16(19)18-6-8-21-15/h4-5,9,12,14,17H,2-3,6-8,10H2,1H3,(H,18,19). The third-order valence-electron chi connectivity index (χ3n) is 4.17. The minimum Gasteiger partial charge on any atom is -0.491 e. The number of fused-ring (bicyclic) bond motifs is 1. The first kappa shape index (κ1) is 14.4. The van der Waals surface area contributed by atoms with Crippen LogP contribution >= 0.6 is 0 Å². The molecule has 2 unspecified atom stereocenters. The maximum Gasteiger partial charge on any atom is 0.255 e. The topological polar surface area (TPSA) is 59.6 Å². The summed E-state index contributed by atoms with van der Waals surface area (Å²) in [7, 11) is 1.95. The summed E-state index contributed by atoms with van der Waals surface area (Å²) in [6, 6.07) is 6.06. The Kier molecular flexibility index (Phi) is 4.41. The Balaban J connectivity index is 1.81. The fraction of sp³-hybridized carbons (Fsp3) is 0.562. The van der Waals surface area contributed by atoms with Crippen molar-refractivity contribution in [2.75, 3.05) is 26.8 Å². The molecule has 3 rings (SSSR count). The quantitative estimate of drug-likeness (QED) is 0.885. The van der Waals surface area contributed by atoms with E-state index in [9.17, 15) is 4.79 Å². The van der Waals surface area contributed by atoms with E-state index >= 15 is 0 Å². The average molecular weight is 290 g/mol. The van der Waals surface area contributed by atoms with Crippen LogP contribution in [0.3, 0.4) is 0 Å².